The summed E-state index contributed by atoms with van der Waals surface area (Å²) < 4.78 is 6.15. The van der Waals surface area contributed by atoms with Crippen molar-refractivity contribution in [2.45, 2.75) is 13.0 Å². The van der Waals surface area contributed by atoms with Crippen LogP contribution in [0.5, 0.6) is 5.75 Å². The number of ether oxygens (including phenoxy) is 1. The maximum Gasteiger partial charge on any atom is 0.133 e. The number of halogens is 2. The maximum atomic E-state index is 5.89. The van der Waals surface area contributed by atoms with Gasteiger partial charge in [-0.1, -0.05) is 23.7 Å². The van der Waals surface area contributed by atoms with E-state index in [1.54, 1.807) is 7.11 Å². The first kappa shape index (κ1) is 14.2. The standard InChI is InChI=1S/C15H15BrClNO/c1-10(11-3-5-12(17)6-4-11)18-13-7-8-15(19-2)14(16)9-13/h3-10,18H,1-2H3. The molecule has 2 aromatic carbocycles. The molecule has 0 heterocycles. The molecular weight excluding hydrogens is 326 g/mol. The molecule has 1 atom stereocenters. The van der Waals surface area contributed by atoms with E-state index < -0.39 is 0 Å². The molecule has 0 radical (unpaired) electrons. The second kappa shape index (κ2) is 6.31. The van der Waals surface area contributed by atoms with Crippen molar-refractivity contribution in [1.29, 1.82) is 0 Å². The summed E-state index contributed by atoms with van der Waals surface area (Å²) in [6, 6.07) is 14.0. The van der Waals surface area contributed by atoms with Crippen LogP contribution in [-0.2, 0) is 0 Å². The molecule has 4 heteroatoms. The second-order valence-electron chi connectivity index (χ2n) is 4.27. The highest BCUT2D eigenvalue weighted by molar-refractivity contribution is 9.10. The lowest BCUT2D eigenvalue weighted by atomic mass is 10.1. The number of hydrogen-bond acceptors (Lipinski definition) is 2. The van der Waals surface area contributed by atoms with Crippen molar-refractivity contribution in [3.05, 3.63) is 57.5 Å². The van der Waals surface area contributed by atoms with Gasteiger partial charge in [0.2, 0.25) is 0 Å². The highest BCUT2D eigenvalue weighted by Crippen LogP contribution is 2.29. The van der Waals surface area contributed by atoms with Crippen molar-refractivity contribution in [1.82, 2.24) is 0 Å². The summed E-state index contributed by atoms with van der Waals surface area (Å²) in [6.07, 6.45) is 0. The van der Waals surface area contributed by atoms with Gasteiger partial charge in [-0.05, 0) is 58.7 Å². The number of hydrogen-bond donors (Lipinski definition) is 1. The molecule has 2 nitrogen and oxygen atoms in total. The summed E-state index contributed by atoms with van der Waals surface area (Å²) in [5, 5.41) is 4.19. The number of methoxy groups -OCH3 is 1. The van der Waals surface area contributed by atoms with Crippen molar-refractivity contribution >= 4 is 33.2 Å². The molecule has 2 rings (SSSR count). The van der Waals surface area contributed by atoms with Gasteiger partial charge in [0.1, 0.15) is 5.75 Å². The molecule has 0 saturated heterocycles. The maximum absolute atomic E-state index is 5.89. The molecule has 1 N–H and O–H groups in total. The van der Waals surface area contributed by atoms with Crippen LogP contribution < -0.4 is 10.1 Å². The van der Waals surface area contributed by atoms with E-state index in [-0.39, 0.29) is 6.04 Å². The lowest BCUT2D eigenvalue weighted by Crippen LogP contribution is -2.06. The van der Waals surface area contributed by atoms with E-state index in [4.69, 9.17) is 16.3 Å². The zero-order valence-corrected chi connectivity index (χ0v) is 13.1. The average molecular weight is 341 g/mol. The van der Waals surface area contributed by atoms with Gasteiger partial charge < -0.3 is 10.1 Å². The average Bonchev–Trinajstić information content (AvgIpc) is 2.39. The largest absolute Gasteiger partial charge is 0.496 e. The monoisotopic (exact) mass is 339 g/mol. The molecule has 0 bridgehead atoms. The Bertz CT molecular complexity index is 557. The third kappa shape index (κ3) is 3.64. The van der Waals surface area contributed by atoms with Crippen LogP contribution in [0.15, 0.2) is 46.9 Å². The lowest BCUT2D eigenvalue weighted by molar-refractivity contribution is 0.412. The first-order chi connectivity index (χ1) is 9.10. The number of nitrogens with one attached hydrogen (secondary N) is 1. The Morgan fingerprint density at radius 3 is 2.42 bits per heavy atom. The Morgan fingerprint density at radius 2 is 1.84 bits per heavy atom. The quantitative estimate of drug-likeness (QED) is 0.817. The summed E-state index contributed by atoms with van der Waals surface area (Å²) >= 11 is 9.37. The minimum atomic E-state index is 0.206. The topological polar surface area (TPSA) is 21.3 Å². The number of anilines is 1. The molecular formula is C15H15BrClNO. The second-order valence-corrected chi connectivity index (χ2v) is 5.56. The van der Waals surface area contributed by atoms with Crippen LogP contribution in [-0.4, -0.2) is 7.11 Å². The van der Waals surface area contributed by atoms with Gasteiger partial charge in [-0.2, -0.15) is 0 Å². The Hall–Kier alpha value is -1.19. The minimum Gasteiger partial charge on any atom is -0.496 e. The summed E-state index contributed by atoms with van der Waals surface area (Å²) in [5.74, 6) is 0.824. The summed E-state index contributed by atoms with van der Waals surface area (Å²) in [5.41, 5.74) is 2.23. The molecule has 0 aliphatic rings. The van der Waals surface area contributed by atoms with Crippen LogP contribution >= 0.6 is 27.5 Å². The van der Waals surface area contributed by atoms with Crippen LogP contribution in [0.3, 0.4) is 0 Å². The molecule has 0 aromatic heterocycles. The molecule has 0 fully saturated rings. The fourth-order valence-electron chi connectivity index (χ4n) is 1.84. The Kier molecular flexibility index (Phi) is 4.72. The minimum absolute atomic E-state index is 0.206. The molecule has 0 amide bonds. The lowest BCUT2D eigenvalue weighted by Gasteiger charge is -2.16. The fourth-order valence-corrected chi connectivity index (χ4v) is 2.51. The van der Waals surface area contributed by atoms with Crippen molar-refractivity contribution in [2.24, 2.45) is 0 Å². The molecule has 100 valence electrons. The van der Waals surface area contributed by atoms with Gasteiger partial charge in [-0.15, -0.1) is 0 Å². The first-order valence-electron chi connectivity index (χ1n) is 5.95. The van der Waals surface area contributed by atoms with Gasteiger partial charge in [0.05, 0.1) is 11.6 Å². The van der Waals surface area contributed by atoms with Gasteiger partial charge in [-0.3, -0.25) is 0 Å². The van der Waals surface area contributed by atoms with Crippen molar-refractivity contribution in [3.63, 3.8) is 0 Å². The molecule has 0 aliphatic heterocycles. The fraction of sp³-hybridized carbons (Fsp3) is 0.200. The highest BCUT2D eigenvalue weighted by atomic mass is 79.9. The van der Waals surface area contributed by atoms with Gasteiger partial charge >= 0.3 is 0 Å². The SMILES string of the molecule is COc1ccc(NC(C)c2ccc(Cl)cc2)cc1Br. The molecule has 1 unspecified atom stereocenters. The van der Waals surface area contributed by atoms with Gasteiger partial charge in [0, 0.05) is 16.8 Å². The summed E-state index contributed by atoms with van der Waals surface area (Å²) in [4.78, 5) is 0. The smallest absolute Gasteiger partial charge is 0.133 e. The Morgan fingerprint density at radius 1 is 1.16 bits per heavy atom. The number of benzene rings is 2. The number of rotatable bonds is 4. The third-order valence-corrected chi connectivity index (χ3v) is 3.78. The summed E-state index contributed by atoms with van der Waals surface area (Å²) in [7, 11) is 1.66. The zero-order valence-electron chi connectivity index (χ0n) is 10.8. The Balaban J connectivity index is 2.12. The van der Waals surface area contributed by atoms with E-state index >= 15 is 0 Å². The van der Waals surface area contributed by atoms with Gasteiger partial charge in [-0.25, -0.2) is 0 Å². The van der Waals surface area contributed by atoms with E-state index in [1.807, 2.05) is 42.5 Å². The van der Waals surface area contributed by atoms with Crippen LogP contribution in [0.25, 0.3) is 0 Å². The third-order valence-electron chi connectivity index (χ3n) is 2.90. The van der Waals surface area contributed by atoms with E-state index in [2.05, 4.69) is 28.2 Å². The highest BCUT2D eigenvalue weighted by Gasteiger charge is 2.07. The van der Waals surface area contributed by atoms with Crippen molar-refractivity contribution < 1.29 is 4.74 Å². The molecule has 0 spiro atoms. The van der Waals surface area contributed by atoms with E-state index in [9.17, 15) is 0 Å². The van der Waals surface area contributed by atoms with Crippen LogP contribution in [0.2, 0.25) is 5.02 Å². The van der Waals surface area contributed by atoms with Crippen LogP contribution in [0.1, 0.15) is 18.5 Å². The summed E-state index contributed by atoms with van der Waals surface area (Å²) in [6.45, 7) is 2.11. The predicted molar refractivity (Wildman–Crippen MR) is 84.2 cm³/mol. The van der Waals surface area contributed by atoms with Crippen molar-refractivity contribution in [2.75, 3.05) is 12.4 Å². The molecule has 19 heavy (non-hydrogen) atoms. The van der Waals surface area contributed by atoms with Crippen LogP contribution in [0.4, 0.5) is 5.69 Å². The molecule has 2 aromatic rings. The van der Waals surface area contributed by atoms with E-state index in [0.29, 0.717) is 0 Å². The van der Waals surface area contributed by atoms with Crippen molar-refractivity contribution in [3.8, 4) is 5.75 Å². The van der Waals surface area contributed by atoms with E-state index in [0.717, 1.165) is 20.9 Å². The normalized spacial score (nSPS) is 12.0. The molecule has 0 aliphatic carbocycles. The first-order valence-corrected chi connectivity index (χ1v) is 7.13. The Labute approximate surface area is 126 Å². The zero-order chi connectivity index (χ0) is 13.8. The van der Waals surface area contributed by atoms with Gasteiger partial charge in [0.25, 0.3) is 0 Å². The van der Waals surface area contributed by atoms with Crippen LogP contribution in [0, 0.1) is 0 Å². The molecule has 0 saturated carbocycles. The predicted octanol–water partition coefficient (Wildman–Crippen LogP) is 5.28. The van der Waals surface area contributed by atoms with E-state index in [1.165, 1.54) is 5.56 Å². The van der Waals surface area contributed by atoms with Gasteiger partial charge in [0.15, 0.2) is 0 Å².